The van der Waals surface area contributed by atoms with Crippen molar-refractivity contribution < 1.29 is 14.0 Å². The zero-order valence-corrected chi connectivity index (χ0v) is 15.4. The first-order chi connectivity index (χ1) is 12.3. The van der Waals surface area contributed by atoms with Crippen molar-refractivity contribution in [3.05, 3.63) is 18.0 Å². The predicted octanol–water partition coefficient (Wildman–Crippen LogP) is 0.811. The molecule has 0 amide bonds. The lowest BCUT2D eigenvalue weighted by molar-refractivity contribution is 0.0689. The van der Waals surface area contributed by atoms with Crippen LogP contribution in [0.15, 0.2) is 21.8 Å². The maximum absolute atomic E-state index is 5.47. The molecule has 0 atom stereocenters. The lowest BCUT2D eigenvalue weighted by Crippen LogP contribution is -2.52. The van der Waals surface area contributed by atoms with Crippen LogP contribution >= 0.6 is 0 Å². The lowest BCUT2D eigenvalue weighted by atomic mass is 10.3. The Balaban J connectivity index is 1.57. The molecule has 0 spiro atoms. The summed E-state index contributed by atoms with van der Waals surface area (Å²) in [5, 5.41) is 7.43. The van der Waals surface area contributed by atoms with Crippen LogP contribution in [-0.2, 0) is 16.0 Å². The van der Waals surface area contributed by atoms with Crippen molar-refractivity contribution in [3.63, 3.8) is 0 Å². The van der Waals surface area contributed by atoms with Gasteiger partial charge < -0.3 is 24.2 Å². The van der Waals surface area contributed by atoms with Crippen LogP contribution in [0.3, 0.4) is 0 Å². The number of unbranched alkanes of at least 4 members (excludes halogenated alkanes) is 1. The van der Waals surface area contributed by atoms with E-state index in [4.69, 9.17) is 14.0 Å². The van der Waals surface area contributed by atoms with E-state index in [9.17, 15) is 0 Å². The van der Waals surface area contributed by atoms with Gasteiger partial charge in [-0.2, -0.15) is 0 Å². The smallest absolute Gasteiger partial charge is 0.193 e. The Morgan fingerprint density at radius 2 is 2.08 bits per heavy atom. The molecule has 1 aliphatic rings. The highest BCUT2D eigenvalue weighted by atomic mass is 16.5. The fourth-order valence-electron chi connectivity index (χ4n) is 2.77. The predicted molar refractivity (Wildman–Crippen MR) is 96.6 cm³/mol. The third kappa shape index (κ3) is 7.41. The first-order valence-corrected chi connectivity index (χ1v) is 8.97. The van der Waals surface area contributed by atoms with E-state index in [-0.39, 0.29) is 0 Å². The van der Waals surface area contributed by atoms with E-state index >= 15 is 0 Å². The number of nitrogens with zero attached hydrogens (tertiary/aromatic N) is 4. The van der Waals surface area contributed by atoms with Crippen LogP contribution in [-0.4, -0.2) is 87.6 Å². The van der Waals surface area contributed by atoms with Crippen LogP contribution in [0.25, 0.3) is 0 Å². The Kier molecular flexibility index (Phi) is 9.32. The molecule has 1 fully saturated rings. The first-order valence-electron chi connectivity index (χ1n) is 8.97. The number of hydrogen-bond acceptors (Lipinski definition) is 6. The molecule has 1 aliphatic heterocycles. The third-order valence-corrected chi connectivity index (χ3v) is 4.19. The first kappa shape index (κ1) is 19.7. The summed E-state index contributed by atoms with van der Waals surface area (Å²) in [4.78, 5) is 9.11. The highest BCUT2D eigenvalue weighted by Gasteiger charge is 2.19. The average Bonchev–Trinajstić information content (AvgIpc) is 3.14. The van der Waals surface area contributed by atoms with Gasteiger partial charge in [-0.25, -0.2) is 0 Å². The highest BCUT2D eigenvalue weighted by Crippen LogP contribution is 2.07. The monoisotopic (exact) mass is 353 g/mol. The van der Waals surface area contributed by atoms with Gasteiger partial charge in [-0.3, -0.25) is 9.89 Å². The topological polar surface area (TPSA) is 75.4 Å². The van der Waals surface area contributed by atoms with Crippen molar-refractivity contribution in [2.24, 2.45) is 4.99 Å². The van der Waals surface area contributed by atoms with Crippen LogP contribution in [0.2, 0.25) is 0 Å². The quantitative estimate of drug-likeness (QED) is 0.379. The Morgan fingerprint density at radius 3 is 2.76 bits per heavy atom. The molecule has 142 valence electrons. The van der Waals surface area contributed by atoms with Crippen molar-refractivity contribution in [1.82, 2.24) is 20.3 Å². The van der Waals surface area contributed by atoms with Gasteiger partial charge in [-0.05, 0) is 12.8 Å². The summed E-state index contributed by atoms with van der Waals surface area (Å²) in [6, 6.07) is 1.92. The van der Waals surface area contributed by atoms with Crippen LogP contribution in [0.4, 0.5) is 0 Å². The standard InChI is InChI=1S/C17H31N5O3/c1-18-17(19-6-3-4-11-24-14-13-23-2)22-9-7-21(8-10-22)15-16-5-12-25-20-16/h5,12H,3-4,6-11,13-15H2,1-2H3,(H,18,19). The summed E-state index contributed by atoms with van der Waals surface area (Å²) in [7, 11) is 3.53. The second-order valence-electron chi connectivity index (χ2n) is 6.04. The van der Waals surface area contributed by atoms with Crippen molar-refractivity contribution in [1.29, 1.82) is 0 Å². The molecular weight excluding hydrogens is 322 g/mol. The number of aliphatic imine (C=N–C) groups is 1. The summed E-state index contributed by atoms with van der Waals surface area (Å²) in [6.07, 6.45) is 3.73. The number of ether oxygens (including phenoxy) is 2. The second kappa shape index (κ2) is 11.8. The van der Waals surface area contributed by atoms with Gasteiger partial charge >= 0.3 is 0 Å². The van der Waals surface area contributed by atoms with E-state index in [0.29, 0.717) is 13.2 Å². The maximum atomic E-state index is 5.47. The van der Waals surface area contributed by atoms with E-state index in [1.807, 2.05) is 13.1 Å². The van der Waals surface area contributed by atoms with Crippen LogP contribution in [0.1, 0.15) is 18.5 Å². The van der Waals surface area contributed by atoms with Crippen molar-refractivity contribution in [3.8, 4) is 0 Å². The minimum Gasteiger partial charge on any atom is -0.382 e. The van der Waals surface area contributed by atoms with Crippen molar-refractivity contribution in [2.45, 2.75) is 19.4 Å². The molecule has 8 nitrogen and oxygen atoms in total. The molecule has 0 bridgehead atoms. The molecule has 8 heteroatoms. The molecule has 25 heavy (non-hydrogen) atoms. The van der Waals surface area contributed by atoms with Crippen LogP contribution < -0.4 is 5.32 Å². The molecular formula is C17H31N5O3. The molecule has 2 rings (SSSR count). The molecule has 0 radical (unpaired) electrons. The summed E-state index contributed by atoms with van der Waals surface area (Å²) in [6.45, 7) is 7.82. The normalized spacial score (nSPS) is 16.4. The van der Waals surface area contributed by atoms with E-state index in [1.54, 1.807) is 13.4 Å². The van der Waals surface area contributed by atoms with Gasteiger partial charge in [0.25, 0.3) is 0 Å². The average molecular weight is 353 g/mol. The summed E-state index contributed by atoms with van der Waals surface area (Å²) in [5.74, 6) is 0.987. The van der Waals surface area contributed by atoms with E-state index in [2.05, 4.69) is 25.3 Å². The zero-order chi connectivity index (χ0) is 17.7. The largest absolute Gasteiger partial charge is 0.382 e. The van der Waals surface area contributed by atoms with Gasteiger partial charge in [-0.15, -0.1) is 0 Å². The van der Waals surface area contributed by atoms with Gasteiger partial charge in [0.15, 0.2) is 5.96 Å². The molecule has 0 saturated carbocycles. The molecule has 0 aliphatic carbocycles. The second-order valence-corrected chi connectivity index (χ2v) is 6.04. The van der Waals surface area contributed by atoms with Crippen molar-refractivity contribution >= 4 is 5.96 Å². The Bertz CT molecular complexity index is 473. The number of piperazine rings is 1. The lowest BCUT2D eigenvalue weighted by Gasteiger charge is -2.36. The fourth-order valence-corrected chi connectivity index (χ4v) is 2.77. The van der Waals surface area contributed by atoms with Crippen molar-refractivity contribution in [2.75, 3.05) is 66.7 Å². The van der Waals surface area contributed by atoms with E-state index < -0.39 is 0 Å². The van der Waals surface area contributed by atoms with Crippen LogP contribution in [0.5, 0.6) is 0 Å². The van der Waals surface area contributed by atoms with E-state index in [0.717, 1.165) is 70.4 Å². The Labute approximate surface area is 150 Å². The minimum absolute atomic E-state index is 0.660. The molecule has 1 N–H and O–H groups in total. The van der Waals surface area contributed by atoms with Gasteiger partial charge in [0.2, 0.25) is 0 Å². The van der Waals surface area contributed by atoms with Gasteiger partial charge in [-0.1, -0.05) is 5.16 Å². The van der Waals surface area contributed by atoms with Gasteiger partial charge in [0.05, 0.1) is 18.9 Å². The van der Waals surface area contributed by atoms with E-state index in [1.165, 1.54) is 0 Å². The minimum atomic E-state index is 0.660. The SMILES string of the molecule is CN=C(NCCCCOCCOC)N1CCN(Cc2ccon2)CC1. The molecule has 2 heterocycles. The molecule has 0 aromatic carbocycles. The number of guanidine groups is 1. The van der Waals surface area contributed by atoms with Gasteiger partial charge in [0, 0.05) is 66.1 Å². The fraction of sp³-hybridized carbons (Fsp3) is 0.765. The number of rotatable bonds is 10. The molecule has 1 saturated heterocycles. The summed E-state index contributed by atoms with van der Waals surface area (Å²) in [5.41, 5.74) is 0.990. The number of nitrogens with one attached hydrogen (secondary N) is 1. The molecule has 1 aromatic heterocycles. The Hall–Kier alpha value is -1.64. The van der Waals surface area contributed by atoms with Crippen LogP contribution in [0, 0.1) is 0 Å². The highest BCUT2D eigenvalue weighted by molar-refractivity contribution is 5.79. The molecule has 0 unspecified atom stereocenters. The summed E-state index contributed by atoms with van der Waals surface area (Å²) < 4.78 is 15.3. The maximum Gasteiger partial charge on any atom is 0.193 e. The number of hydrogen-bond donors (Lipinski definition) is 1. The van der Waals surface area contributed by atoms with Gasteiger partial charge in [0.1, 0.15) is 6.26 Å². The zero-order valence-electron chi connectivity index (χ0n) is 15.4. The molecule has 1 aromatic rings. The Morgan fingerprint density at radius 1 is 1.24 bits per heavy atom. The number of aromatic nitrogens is 1. The third-order valence-electron chi connectivity index (χ3n) is 4.19. The number of methoxy groups -OCH3 is 1. The summed E-state index contributed by atoms with van der Waals surface area (Å²) >= 11 is 0.